The van der Waals surface area contributed by atoms with Crippen molar-refractivity contribution in [3.63, 3.8) is 0 Å². The van der Waals surface area contributed by atoms with Crippen molar-refractivity contribution in [3.8, 4) is 11.6 Å². The summed E-state index contributed by atoms with van der Waals surface area (Å²) in [4.78, 5) is 17.3. The fourth-order valence-electron chi connectivity index (χ4n) is 2.67. The molecule has 0 radical (unpaired) electrons. The van der Waals surface area contributed by atoms with E-state index in [9.17, 15) is 0 Å². The van der Waals surface area contributed by atoms with Gasteiger partial charge in [-0.3, -0.25) is 18.1 Å². The van der Waals surface area contributed by atoms with Gasteiger partial charge >= 0.3 is 13.4 Å². The molecule has 0 N–H and O–H groups in total. The van der Waals surface area contributed by atoms with Crippen molar-refractivity contribution in [1.29, 1.82) is 0 Å². The highest BCUT2D eigenvalue weighted by Gasteiger charge is 2.24. The highest BCUT2D eigenvalue weighted by molar-refractivity contribution is 8.08. The smallest absolute Gasteiger partial charge is 0.381 e. The van der Waals surface area contributed by atoms with Gasteiger partial charge in [-0.15, -0.1) is 0 Å². The van der Waals surface area contributed by atoms with Crippen LogP contribution in [0.1, 0.15) is 85.6 Å². The number of aryl methyl sites for hydroxylation is 1. The zero-order valence-corrected chi connectivity index (χ0v) is 27.5. The summed E-state index contributed by atoms with van der Waals surface area (Å²) in [6.07, 6.45) is 3.21. The molecule has 0 atom stereocenters. The minimum Gasteiger partial charge on any atom is -0.421 e. The summed E-state index contributed by atoms with van der Waals surface area (Å²) in [5.74, 6) is 2.59. The third-order valence-electron chi connectivity index (χ3n) is 4.23. The largest absolute Gasteiger partial charge is 0.421 e. The van der Waals surface area contributed by atoms with Crippen molar-refractivity contribution in [2.45, 2.75) is 80.6 Å². The maximum atomic E-state index is 5.68. The minimum absolute atomic E-state index is 0.0986. The summed E-state index contributed by atoms with van der Waals surface area (Å²) >= 11 is 10.6. The van der Waals surface area contributed by atoms with Crippen molar-refractivity contribution in [1.82, 2.24) is 19.9 Å². The van der Waals surface area contributed by atoms with Crippen LogP contribution in [0.5, 0.6) is 11.6 Å². The Labute approximate surface area is 238 Å². The molecule has 2 heterocycles. The molecule has 0 bridgehead atoms. The number of aromatic nitrogens is 4. The van der Waals surface area contributed by atoms with Crippen molar-refractivity contribution >= 4 is 37.1 Å². The van der Waals surface area contributed by atoms with E-state index in [1.54, 1.807) is 18.5 Å². The third kappa shape index (κ3) is 12.4. The summed E-state index contributed by atoms with van der Waals surface area (Å²) < 4.78 is 33.0. The predicted octanol–water partition coefficient (Wildman–Crippen LogP) is 7.04. The van der Waals surface area contributed by atoms with E-state index >= 15 is 0 Å². The molecule has 10 nitrogen and oxygen atoms in total. The van der Waals surface area contributed by atoms with Crippen LogP contribution in [0, 0.1) is 6.92 Å². The Morgan fingerprint density at radius 1 is 0.789 bits per heavy atom. The monoisotopic (exact) mass is 608 g/mol. The summed E-state index contributed by atoms with van der Waals surface area (Å²) in [5, 5.41) is 0. The first-order valence-corrected chi connectivity index (χ1v) is 17.7. The topological polar surface area (TPSA) is 107 Å². The van der Waals surface area contributed by atoms with Crippen molar-refractivity contribution in [3.05, 3.63) is 35.8 Å². The molecule has 0 aliphatic heterocycles. The molecule has 14 heteroatoms. The van der Waals surface area contributed by atoms with Gasteiger partial charge in [0.25, 0.3) is 0 Å². The van der Waals surface area contributed by atoms with E-state index in [-0.39, 0.29) is 11.3 Å². The van der Waals surface area contributed by atoms with Crippen LogP contribution in [0.2, 0.25) is 0 Å². The second kappa shape index (κ2) is 16.2. The van der Waals surface area contributed by atoms with Crippen molar-refractivity contribution in [2.75, 3.05) is 26.4 Å². The van der Waals surface area contributed by atoms with Crippen LogP contribution >= 0.6 is 13.4 Å². The SMILES string of the molecule is CCOP(=S)(OCC)Oc1cc(C)nc(C(C)C)n1.CCOP(=S)(OCC)Oc1cnc(C(C)(C)C)nc1. The molecule has 0 amide bonds. The molecule has 0 saturated carbocycles. The molecular formula is C24H42N4O6P2S2. The third-order valence-corrected chi connectivity index (χ3v) is 9.09. The van der Waals surface area contributed by atoms with Gasteiger partial charge in [0.1, 0.15) is 11.6 Å². The van der Waals surface area contributed by atoms with Gasteiger partial charge in [0, 0.05) is 46.7 Å². The molecule has 38 heavy (non-hydrogen) atoms. The zero-order chi connectivity index (χ0) is 29.0. The zero-order valence-electron chi connectivity index (χ0n) is 24.1. The lowest BCUT2D eigenvalue weighted by molar-refractivity contribution is 0.215. The van der Waals surface area contributed by atoms with Crippen molar-refractivity contribution in [2.24, 2.45) is 0 Å². The lowest BCUT2D eigenvalue weighted by Crippen LogP contribution is -2.15. The molecule has 216 valence electrons. The molecular weight excluding hydrogens is 566 g/mol. The van der Waals surface area contributed by atoms with E-state index in [2.05, 4.69) is 19.9 Å². The van der Waals surface area contributed by atoms with Crippen LogP contribution in [-0.4, -0.2) is 46.4 Å². The fourth-order valence-corrected chi connectivity index (χ4v) is 6.73. The van der Waals surface area contributed by atoms with E-state index in [0.29, 0.717) is 38.1 Å². The summed E-state index contributed by atoms with van der Waals surface area (Å²) in [6, 6.07) is 1.74. The maximum Gasteiger partial charge on any atom is 0.381 e. The molecule has 0 saturated heterocycles. The van der Waals surface area contributed by atoms with Crippen LogP contribution in [0.4, 0.5) is 0 Å². The summed E-state index contributed by atoms with van der Waals surface area (Å²) in [6.45, 7) is 15.8. The molecule has 2 rings (SSSR count). The van der Waals surface area contributed by atoms with Crippen LogP contribution in [-0.2, 0) is 47.1 Å². The molecule has 0 aliphatic rings. The summed E-state index contributed by atoms with van der Waals surface area (Å²) in [5.41, 5.74) is 0.738. The van der Waals surface area contributed by atoms with Gasteiger partial charge in [-0.05, 0) is 34.6 Å². The number of rotatable bonds is 13. The average molecular weight is 609 g/mol. The van der Waals surface area contributed by atoms with E-state index in [1.165, 1.54) is 0 Å². The lowest BCUT2D eigenvalue weighted by atomic mass is 9.96. The van der Waals surface area contributed by atoms with Crippen molar-refractivity contribution < 1.29 is 27.1 Å². The van der Waals surface area contributed by atoms with Gasteiger partial charge in [0.05, 0.1) is 38.8 Å². The molecule has 0 unspecified atom stereocenters. The quantitative estimate of drug-likeness (QED) is 0.218. The standard InChI is InChI=1S/2C12H21N2O3PS/c1-6-15-18(19,16-7-2)17-10-8-13-11(14-9-10)12(3,4)5;1-6-15-18(19,16-7-2)17-11-8-10(5)13-12(14-11)9(3)4/h2*8-9H,6-7H2,1-5H3. The highest BCUT2D eigenvalue weighted by Crippen LogP contribution is 2.50. The molecule has 0 fully saturated rings. The highest BCUT2D eigenvalue weighted by atomic mass is 32.5. The first kappa shape index (κ1) is 34.9. The number of hydrogen-bond acceptors (Lipinski definition) is 12. The van der Waals surface area contributed by atoms with Crippen LogP contribution < -0.4 is 9.05 Å². The van der Waals surface area contributed by atoms with Gasteiger partial charge in [-0.25, -0.2) is 15.0 Å². The van der Waals surface area contributed by atoms with E-state index in [0.717, 1.165) is 17.3 Å². The van der Waals surface area contributed by atoms with Crippen LogP contribution in [0.15, 0.2) is 18.5 Å². The molecule has 0 spiro atoms. The van der Waals surface area contributed by atoms with Gasteiger partial charge in [-0.2, -0.15) is 4.98 Å². The van der Waals surface area contributed by atoms with Gasteiger partial charge in [0.2, 0.25) is 5.88 Å². The predicted molar refractivity (Wildman–Crippen MR) is 158 cm³/mol. The second-order valence-corrected chi connectivity index (χ2v) is 15.0. The Bertz CT molecular complexity index is 1060. The van der Waals surface area contributed by atoms with Gasteiger partial charge in [0.15, 0.2) is 5.75 Å². The maximum absolute atomic E-state index is 5.68. The Balaban J connectivity index is 0.000000380. The van der Waals surface area contributed by atoms with Gasteiger partial charge < -0.3 is 9.05 Å². The Morgan fingerprint density at radius 2 is 1.24 bits per heavy atom. The lowest BCUT2D eigenvalue weighted by Gasteiger charge is -2.21. The Kier molecular flexibility index (Phi) is 14.9. The molecule has 0 aliphatic carbocycles. The molecule has 0 aromatic carbocycles. The number of hydrogen-bond donors (Lipinski definition) is 0. The van der Waals surface area contributed by atoms with E-state index in [1.807, 2.05) is 69.2 Å². The van der Waals surface area contributed by atoms with E-state index < -0.39 is 13.4 Å². The summed E-state index contributed by atoms with van der Waals surface area (Å²) in [7, 11) is 0. The van der Waals surface area contributed by atoms with Gasteiger partial charge in [-0.1, -0.05) is 34.6 Å². The Morgan fingerprint density at radius 3 is 1.63 bits per heavy atom. The first-order valence-electron chi connectivity index (χ1n) is 12.6. The molecule has 2 aromatic rings. The fraction of sp³-hybridized carbons (Fsp3) is 0.667. The Hall–Kier alpha value is -1.10. The number of nitrogens with zero attached hydrogens (tertiary/aromatic N) is 4. The second-order valence-electron chi connectivity index (χ2n) is 9.10. The first-order chi connectivity index (χ1) is 17.7. The van der Waals surface area contributed by atoms with E-state index in [4.69, 9.17) is 50.8 Å². The normalized spacial score (nSPS) is 12.2. The average Bonchev–Trinajstić information content (AvgIpc) is 2.79. The van der Waals surface area contributed by atoms with Crippen LogP contribution in [0.3, 0.4) is 0 Å². The minimum atomic E-state index is -2.77. The molecule has 2 aromatic heterocycles. The van der Waals surface area contributed by atoms with Crippen LogP contribution in [0.25, 0.3) is 0 Å².